The molecule has 0 radical (unpaired) electrons. The smallest absolute Gasteiger partial charge is 0.237 e. The van der Waals surface area contributed by atoms with Crippen LogP contribution in [0.3, 0.4) is 0 Å². The van der Waals surface area contributed by atoms with E-state index in [0.29, 0.717) is 33.7 Å². The Morgan fingerprint density at radius 3 is 2.82 bits per heavy atom. The van der Waals surface area contributed by atoms with Crippen molar-refractivity contribution < 1.29 is 18.7 Å². The predicted octanol–water partition coefficient (Wildman–Crippen LogP) is 3.47. The summed E-state index contributed by atoms with van der Waals surface area (Å²) in [5.41, 5.74) is 0.980. The molecule has 0 aliphatic carbocycles. The highest BCUT2D eigenvalue weighted by atomic mass is 32.2. The Bertz CT molecular complexity index is 1040. The molecule has 3 aromatic rings. The van der Waals surface area contributed by atoms with Gasteiger partial charge in [-0.1, -0.05) is 23.9 Å². The van der Waals surface area contributed by atoms with Gasteiger partial charge in [0.25, 0.3) is 0 Å². The monoisotopic (exact) mass is 400 g/mol. The molecule has 4 rings (SSSR count). The Hall–Kier alpha value is -3.07. The van der Waals surface area contributed by atoms with E-state index in [1.807, 2.05) is 0 Å². The summed E-state index contributed by atoms with van der Waals surface area (Å²) >= 11 is 1.24. The summed E-state index contributed by atoms with van der Waals surface area (Å²) in [7, 11) is 1.74. The lowest BCUT2D eigenvalue weighted by molar-refractivity contribution is -0.115. The summed E-state index contributed by atoms with van der Waals surface area (Å²) in [4.78, 5) is 12.5. The number of thioether (sulfide) groups is 1. The second kappa shape index (κ2) is 7.51. The number of anilines is 1. The Kier molecular flexibility index (Phi) is 4.91. The highest BCUT2D eigenvalue weighted by Gasteiger charge is 2.21. The van der Waals surface area contributed by atoms with Gasteiger partial charge in [-0.25, -0.2) is 4.39 Å². The van der Waals surface area contributed by atoms with E-state index in [2.05, 4.69) is 15.5 Å². The second-order valence-electron chi connectivity index (χ2n) is 6.16. The van der Waals surface area contributed by atoms with Crippen molar-refractivity contribution in [1.82, 2.24) is 14.8 Å². The molecule has 1 aliphatic heterocycles. The molecule has 9 heteroatoms. The van der Waals surface area contributed by atoms with Crippen LogP contribution < -0.4 is 14.8 Å². The average molecular weight is 400 g/mol. The Balaban J connectivity index is 1.46. The number of amides is 1. The Morgan fingerprint density at radius 2 is 2.00 bits per heavy atom. The van der Waals surface area contributed by atoms with Crippen molar-refractivity contribution in [1.29, 1.82) is 0 Å². The first-order valence-corrected chi connectivity index (χ1v) is 9.42. The van der Waals surface area contributed by atoms with Gasteiger partial charge in [-0.2, -0.15) is 0 Å². The number of fused-ring (bicyclic) bond motifs is 1. The van der Waals surface area contributed by atoms with E-state index in [9.17, 15) is 9.18 Å². The van der Waals surface area contributed by atoms with Crippen molar-refractivity contribution in [2.24, 2.45) is 7.05 Å². The van der Waals surface area contributed by atoms with Gasteiger partial charge in [0.1, 0.15) is 5.82 Å². The van der Waals surface area contributed by atoms with E-state index < -0.39 is 5.25 Å². The molecular weight excluding hydrogens is 383 g/mol. The maximum Gasteiger partial charge on any atom is 0.237 e. The van der Waals surface area contributed by atoms with Crippen molar-refractivity contribution in [3.05, 3.63) is 48.3 Å². The summed E-state index contributed by atoms with van der Waals surface area (Å²) < 4.78 is 26.3. The maximum atomic E-state index is 14.0. The van der Waals surface area contributed by atoms with Crippen molar-refractivity contribution in [3.8, 4) is 22.9 Å². The third-order valence-corrected chi connectivity index (χ3v) is 5.38. The van der Waals surface area contributed by atoms with Gasteiger partial charge in [0.15, 0.2) is 22.5 Å². The van der Waals surface area contributed by atoms with Crippen molar-refractivity contribution in [2.45, 2.75) is 17.3 Å². The number of benzene rings is 2. The minimum Gasteiger partial charge on any atom is -0.454 e. The molecule has 1 unspecified atom stereocenters. The first-order valence-electron chi connectivity index (χ1n) is 8.54. The topological polar surface area (TPSA) is 78.3 Å². The zero-order valence-electron chi connectivity index (χ0n) is 15.2. The summed E-state index contributed by atoms with van der Waals surface area (Å²) in [6, 6.07) is 11.6. The van der Waals surface area contributed by atoms with Crippen LogP contribution in [0.15, 0.2) is 47.6 Å². The first kappa shape index (κ1) is 18.3. The molecular formula is C19H17FN4O3S. The van der Waals surface area contributed by atoms with Crippen LogP contribution in [0.2, 0.25) is 0 Å². The number of nitrogens with zero attached hydrogens (tertiary/aromatic N) is 3. The maximum absolute atomic E-state index is 14.0. The molecule has 0 fully saturated rings. The summed E-state index contributed by atoms with van der Waals surface area (Å²) in [6.45, 7) is 1.94. The fraction of sp³-hybridized carbons (Fsp3) is 0.211. The van der Waals surface area contributed by atoms with E-state index in [0.717, 1.165) is 0 Å². The highest BCUT2D eigenvalue weighted by molar-refractivity contribution is 8.00. The van der Waals surface area contributed by atoms with Crippen LogP contribution in [-0.2, 0) is 11.8 Å². The summed E-state index contributed by atoms with van der Waals surface area (Å²) in [5, 5.41) is 11.1. The van der Waals surface area contributed by atoms with Crippen LogP contribution in [0.1, 0.15) is 6.92 Å². The highest BCUT2D eigenvalue weighted by Crippen LogP contribution is 2.34. The molecule has 0 saturated carbocycles. The van der Waals surface area contributed by atoms with Crippen LogP contribution in [0.5, 0.6) is 11.5 Å². The normalized spacial score (nSPS) is 13.4. The Labute approximate surface area is 164 Å². The van der Waals surface area contributed by atoms with Gasteiger partial charge in [-0.15, -0.1) is 10.2 Å². The molecule has 1 aromatic heterocycles. The van der Waals surface area contributed by atoms with E-state index in [-0.39, 0.29) is 18.5 Å². The van der Waals surface area contributed by atoms with E-state index >= 15 is 0 Å². The van der Waals surface area contributed by atoms with E-state index in [4.69, 9.17) is 9.47 Å². The quantitative estimate of drug-likeness (QED) is 0.661. The zero-order valence-corrected chi connectivity index (χ0v) is 16.0. The molecule has 1 N–H and O–H groups in total. The lowest BCUT2D eigenvalue weighted by Crippen LogP contribution is -2.22. The molecule has 1 atom stereocenters. The number of nitrogens with one attached hydrogen (secondary N) is 1. The second-order valence-corrected chi connectivity index (χ2v) is 7.47. The molecule has 144 valence electrons. The van der Waals surface area contributed by atoms with Crippen LogP contribution in [-0.4, -0.2) is 32.7 Å². The number of halogens is 1. The lowest BCUT2D eigenvalue weighted by Gasteiger charge is -2.12. The number of carbonyl (C=O) groups is 1. The third kappa shape index (κ3) is 3.53. The van der Waals surface area contributed by atoms with E-state index in [1.165, 1.54) is 17.8 Å². The van der Waals surface area contributed by atoms with Crippen LogP contribution in [0.25, 0.3) is 11.4 Å². The number of aromatic nitrogens is 3. The fourth-order valence-electron chi connectivity index (χ4n) is 2.72. The van der Waals surface area contributed by atoms with E-state index in [1.54, 1.807) is 54.9 Å². The number of hydrogen-bond acceptors (Lipinski definition) is 6. The minimum absolute atomic E-state index is 0.176. The standard InChI is InChI=1S/C19H17FN4O3S/c1-11(18(25)21-12-7-8-15-16(9-12)27-10-26-15)28-19-23-22-17(24(19)2)13-5-3-4-6-14(13)20/h3-9,11H,10H2,1-2H3,(H,21,25). The molecule has 1 amide bonds. The molecule has 2 heterocycles. The van der Waals surface area contributed by atoms with Gasteiger partial charge in [-0.3, -0.25) is 4.79 Å². The predicted molar refractivity (Wildman–Crippen MR) is 103 cm³/mol. The minimum atomic E-state index is -0.443. The van der Waals surface area contributed by atoms with Crippen molar-refractivity contribution in [3.63, 3.8) is 0 Å². The zero-order chi connectivity index (χ0) is 19.7. The third-order valence-electron chi connectivity index (χ3n) is 4.24. The van der Waals surface area contributed by atoms with Crippen LogP contribution in [0.4, 0.5) is 10.1 Å². The molecule has 7 nitrogen and oxygen atoms in total. The fourth-order valence-corrected chi connectivity index (χ4v) is 3.54. The molecule has 1 aliphatic rings. The molecule has 28 heavy (non-hydrogen) atoms. The largest absolute Gasteiger partial charge is 0.454 e. The number of carbonyl (C=O) groups excluding carboxylic acids is 1. The van der Waals surface area contributed by atoms with Gasteiger partial charge in [0, 0.05) is 18.8 Å². The molecule has 2 aromatic carbocycles. The van der Waals surface area contributed by atoms with Crippen molar-refractivity contribution >= 4 is 23.4 Å². The lowest BCUT2D eigenvalue weighted by atomic mass is 10.2. The van der Waals surface area contributed by atoms with Gasteiger partial charge in [0.05, 0.1) is 10.8 Å². The van der Waals surface area contributed by atoms with Gasteiger partial charge in [-0.05, 0) is 31.2 Å². The van der Waals surface area contributed by atoms with Gasteiger partial charge >= 0.3 is 0 Å². The van der Waals surface area contributed by atoms with Crippen LogP contribution >= 0.6 is 11.8 Å². The number of ether oxygens (including phenoxy) is 2. The number of hydrogen-bond donors (Lipinski definition) is 1. The van der Waals surface area contributed by atoms with Gasteiger partial charge in [0.2, 0.25) is 12.7 Å². The average Bonchev–Trinajstić information content (AvgIpc) is 3.29. The summed E-state index contributed by atoms with van der Waals surface area (Å²) in [5.74, 6) is 1.09. The molecule has 0 spiro atoms. The summed E-state index contributed by atoms with van der Waals surface area (Å²) in [6.07, 6.45) is 0. The first-order chi connectivity index (χ1) is 13.5. The van der Waals surface area contributed by atoms with Crippen LogP contribution in [0, 0.1) is 5.82 Å². The number of rotatable bonds is 5. The van der Waals surface area contributed by atoms with Crippen molar-refractivity contribution in [2.75, 3.05) is 12.1 Å². The molecule has 0 saturated heterocycles. The Morgan fingerprint density at radius 1 is 1.21 bits per heavy atom. The SMILES string of the molecule is CC(Sc1nnc(-c2ccccc2F)n1C)C(=O)Nc1ccc2c(c1)OCO2. The van der Waals surface area contributed by atoms with Gasteiger partial charge < -0.3 is 19.4 Å². The molecule has 0 bridgehead atoms.